The smallest absolute Gasteiger partial charge is 0.231 e. The normalized spacial score (nSPS) is 21.0. The predicted molar refractivity (Wildman–Crippen MR) is 83.3 cm³/mol. The van der Waals surface area contributed by atoms with E-state index in [1.165, 1.54) is 0 Å². The summed E-state index contributed by atoms with van der Waals surface area (Å²) in [6.45, 7) is 2.35. The highest BCUT2D eigenvalue weighted by Gasteiger charge is 2.35. The van der Waals surface area contributed by atoms with Crippen molar-refractivity contribution in [1.82, 2.24) is 0 Å². The molecule has 120 valence electrons. The van der Waals surface area contributed by atoms with Gasteiger partial charge in [-0.1, -0.05) is 13.0 Å². The molecule has 5 heteroatoms. The van der Waals surface area contributed by atoms with Gasteiger partial charge in [0.25, 0.3) is 0 Å². The highest BCUT2D eigenvalue weighted by molar-refractivity contribution is 5.55. The molecular formula is C18H18O5. The number of methoxy groups -OCH3 is 1. The van der Waals surface area contributed by atoms with E-state index in [4.69, 9.17) is 18.9 Å². The minimum atomic E-state index is -0.123. The summed E-state index contributed by atoms with van der Waals surface area (Å²) in [5.74, 6) is 3.06. The molecule has 4 rings (SSSR count). The molecule has 0 fully saturated rings. The largest absolute Gasteiger partial charge is 0.493 e. The molecule has 2 heterocycles. The van der Waals surface area contributed by atoms with Gasteiger partial charge in [0.1, 0.15) is 6.10 Å². The molecule has 0 amide bonds. The number of hydrogen-bond acceptors (Lipinski definition) is 5. The molecule has 5 nitrogen and oxygen atoms in total. The Morgan fingerprint density at radius 3 is 2.78 bits per heavy atom. The first-order valence-corrected chi connectivity index (χ1v) is 7.59. The van der Waals surface area contributed by atoms with Gasteiger partial charge in [-0.15, -0.1) is 0 Å². The predicted octanol–water partition coefficient (Wildman–Crippen LogP) is 3.15. The van der Waals surface area contributed by atoms with Crippen LogP contribution in [0.25, 0.3) is 0 Å². The number of fused-ring (bicyclic) bond motifs is 2. The van der Waals surface area contributed by atoms with Crippen molar-refractivity contribution < 1.29 is 24.1 Å². The maximum atomic E-state index is 9.44. The van der Waals surface area contributed by atoms with Crippen LogP contribution in [-0.4, -0.2) is 19.0 Å². The average Bonchev–Trinajstić information content (AvgIpc) is 3.18. The Morgan fingerprint density at radius 1 is 1.17 bits per heavy atom. The number of ether oxygens (including phenoxy) is 4. The van der Waals surface area contributed by atoms with Gasteiger partial charge in [-0.2, -0.15) is 0 Å². The topological polar surface area (TPSA) is 57.2 Å². The second-order valence-electron chi connectivity index (χ2n) is 5.81. The van der Waals surface area contributed by atoms with Crippen LogP contribution in [0.15, 0.2) is 30.3 Å². The molecule has 2 aromatic rings. The summed E-state index contributed by atoms with van der Waals surface area (Å²) in [6, 6.07) is 9.67. The molecule has 0 aromatic heterocycles. The summed E-state index contributed by atoms with van der Waals surface area (Å²) in [4.78, 5) is 0. The van der Waals surface area contributed by atoms with Crippen LogP contribution in [0.5, 0.6) is 23.0 Å². The summed E-state index contributed by atoms with van der Waals surface area (Å²) in [5.41, 5.74) is 2.91. The van der Waals surface area contributed by atoms with Crippen molar-refractivity contribution in [2.24, 2.45) is 0 Å². The molecule has 0 saturated carbocycles. The summed E-state index contributed by atoms with van der Waals surface area (Å²) >= 11 is 0. The van der Waals surface area contributed by atoms with E-state index >= 15 is 0 Å². The van der Waals surface area contributed by atoms with Crippen molar-refractivity contribution in [3.63, 3.8) is 0 Å². The van der Waals surface area contributed by atoms with Gasteiger partial charge in [0.2, 0.25) is 6.79 Å². The van der Waals surface area contributed by atoms with E-state index in [-0.39, 0.29) is 25.4 Å². The summed E-state index contributed by atoms with van der Waals surface area (Å²) in [7, 11) is 1.61. The van der Waals surface area contributed by atoms with Crippen LogP contribution < -0.4 is 18.9 Å². The number of benzene rings is 2. The Hall–Kier alpha value is -2.40. The lowest BCUT2D eigenvalue weighted by Gasteiger charge is -2.16. The van der Waals surface area contributed by atoms with Crippen LogP contribution in [0.3, 0.4) is 0 Å². The quantitative estimate of drug-likeness (QED) is 0.943. The zero-order valence-electron chi connectivity index (χ0n) is 13.0. The molecule has 2 aliphatic heterocycles. The lowest BCUT2D eigenvalue weighted by molar-refractivity contribution is 0.173. The molecule has 2 unspecified atom stereocenters. The monoisotopic (exact) mass is 314 g/mol. The van der Waals surface area contributed by atoms with Gasteiger partial charge in [-0.3, -0.25) is 0 Å². The fourth-order valence-corrected chi connectivity index (χ4v) is 3.23. The highest BCUT2D eigenvalue weighted by Crippen LogP contribution is 2.51. The second-order valence-corrected chi connectivity index (χ2v) is 5.81. The molecule has 0 saturated heterocycles. The zero-order valence-corrected chi connectivity index (χ0v) is 13.0. The molecule has 2 atom stereocenters. The Kier molecular flexibility index (Phi) is 3.31. The lowest BCUT2D eigenvalue weighted by Crippen LogP contribution is -2.07. The summed E-state index contributed by atoms with van der Waals surface area (Å²) < 4.78 is 22.4. The minimum Gasteiger partial charge on any atom is -0.493 e. The fourth-order valence-electron chi connectivity index (χ4n) is 3.23. The SMILES string of the molecule is COc1cc(CO)cc2c1OC(c1ccc3c(c1)OCO3)C2C. The van der Waals surface area contributed by atoms with E-state index < -0.39 is 0 Å². The molecule has 0 radical (unpaired) electrons. The maximum absolute atomic E-state index is 9.44. The zero-order chi connectivity index (χ0) is 16.0. The van der Waals surface area contributed by atoms with Crippen molar-refractivity contribution in [2.75, 3.05) is 13.9 Å². The lowest BCUT2D eigenvalue weighted by atomic mass is 9.91. The Morgan fingerprint density at radius 2 is 2.00 bits per heavy atom. The van der Waals surface area contributed by atoms with Crippen molar-refractivity contribution in [3.8, 4) is 23.0 Å². The summed E-state index contributed by atoms with van der Waals surface area (Å²) in [5, 5.41) is 9.44. The van der Waals surface area contributed by atoms with Crippen LogP contribution in [0.2, 0.25) is 0 Å². The van der Waals surface area contributed by atoms with Crippen molar-refractivity contribution >= 4 is 0 Å². The van der Waals surface area contributed by atoms with Crippen LogP contribution in [-0.2, 0) is 6.61 Å². The first kappa shape index (κ1) is 14.2. The number of aliphatic hydroxyl groups is 1. The van der Waals surface area contributed by atoms with Gasteiger partial charge < -0.3 is 24.1 Å². The molecule has 2 aliphatic rings. The van der Waals surface area contributed by atoms with E-state index in [1.807, 2.05) is 30.3 Å². The Bertz CT molecular complexity index is 755. The maximum Gasteiger partial charge on any atom is 0.231 e. The van der Waals surface area contributed by atoms with Gasteiger partial charge in [-0.25, -0.2) is 0 Å². The molecule has 23 heavy (non-hydrogen) atoms. The minimum absolute atomic E-state index is 0.0228. The fraction of sp³-hybridized carbons (Fsp3) is 0.333. The van der Waals surface area contributed by atoms with Gasteiger partial charge in [0, 0.05) is 11.5 Å². The second kappa shape index (κ2) is 5.35. The first-order chi connectivity index (χ1) is 11.2. The summed E-state index contributed by atoms with van der Waals surface area (Å²) in [6.07, 6.45) is -0.123. The van der Waals surface area contributed by atoms with Crippen molar-refractivity contribution in [1.29, 1.82) is 0 Å². The number of hydrogen-bond donors (Lipinski definition) is 1. The molecule has 1 N–H and O–H groups in total. The van der Waals surface area contributed by atoms with Crippen LogP contribution in [0.1, 0.15) is 35.6 Å². The Labute approximate surface area is 134 Å². The third kappa shape index (κ3) is 2.19. The van der Waals surface area contributed by atoms with E-state index in [0.717, 1.165) is 33.9 Å². The average molecular weight is 314 g/mol. The van der Waals surface area contributed by atoms with Gasteiger partial charge in [-0.05, 0) is 35.4 Å². The van der Waals surface area contributed by atoms with E-state index in [1.54, 1.807) is 7.11 Å². The molecule has 2 aromatic carbocycles. The highest BCUT2D eigenvalue weighted by atomic mass is 16.7. The third-order valence-electron chi connectivity index (χ3n) is 4.46. The van der Waals surface area contributed by atoms with Crippen molar-refractivity contribution in [3.05, 3.63) is 47.0 Å². The van der Waals surface area contributed by atoms with E-state index in [0.29, 0.717) is 5.75 Å². The number of aliphatic hydroxyl groups excluding tert-OH is 1. The van der Waals surface area contributed by atoms with Crippen LogP contribution >= 0.6 is 0 Å². The Balaban J connectivity index is 1.73. The van der Waals surface area contributed by atoms with E-state index in [2.05, 4.69) is 6.92 Å². The van der Waals surface area contributed by atoms with Crippen LogP contribution in [0.4, 0.5) is 0 Å². The third-order valence-corrected chi connectivity index (χ3v) is 4.46. The standard InChI is InChI=1S/C18H18O5/c1-10-13-5-11(8-19)6-16(20-2)18(13)23-17(10)12-3-4-14-15(7-12)22-9-21-14/h3-7,10,17,19H,8-9H2,1-2H3. The van der Waals surface area contributed by atoms with Gasteiger partial charge in [0.15, 0.2) is 23.0 Å². The van der Waals surface area contributed by atoms with E-state index in [9.17, 15) is 5.11 Å². The molecule has 0 bridgehead atoms. The van der Waals surface area contributed by atoms with Crippen LogP contribution in [0, 0.1) is 0 Å². The molecule has 0 aliphatic carbocycles. The first-order valence-electron chi connectivity index (χ1n) is 7.59. The van der Waals surface area contributed by atoms with Crippen molar-refractivity contribution in [2.45, 2.75) is 25.6 Å². The van der Waals surface area contributed by atoms with Gasteiger partial charge >= 0.3 is 0 Å². The molecule has 0 spiro atoms. The van der Waals surface area contributed by atoms with Gasteiger partial charge in [0.05, 0.1) is 13.7 Å². The number of rotatable bonds is 3. The molecular weight excluding hydrogens is 296 g/mol.